The number of rotatable bonds is 6. The maximum absolute atomic E-state index is 12.2. The van der Waals surface area contributed by atoms with Gasteiger partial charge in [0.1, 0.15) is 5.75 Å². The first-order valence-corrected chi connectivity index (χ1v) is 7.18. The lowest BCUT2D eigenvalue weighted by atomic mass is 10.1. The van der Waals surface area contributed by atoms with Crippen LogP contribution in [-0.4, -0.2) is 33.8 Å². The molecule has 0 bridgehead atoms. The van der Waals surface area contributed by atoms with Crippen LogP contribution in [0, 0.1) is 6.92 Å². The molecule has 0 radical (unpaired) electrons. The number of aliphatic carboxylic acids is 1. The summed E-state index contributed by atoms with van der Waals surface area (Å²) in [6, 6.07) is 6.67. The zero-order valence-electron chi connectivity index (χ0n) is 13.2. The average molecular weight is 317 g/mol. The van der Waals surface area contributed by atoms with Crippen LogP contribution in [0.15, 0.2) is 24.3 Å². The number of benzene rings is 1. The number of nitrogens with one attached hydrogen (secondary N) is 2. The fourth-order valence-electron chi connectivity index (χ4n) is 1.95. The van der Waals surface area contributed by atoms with Crippen molar-refractivity contribution in [3.63, 3.8) is 0 Å². The minimum absolute atomic E-state index is 0.261. The van der Waals surface area contributed by atoms with Gasteiger partial charge >= 0.3 is 5.97 Å². The molecule has 7 heteroatoms. The van der Waals surface area contributed by atoms with E-state index in [1.165, 1.54) is 0 Å². The average Bonchev–Trinajstić information content (AvgIpc) is 2.97. The van der Waals surface area contributed by atoms with Crippen molar-refractivity contribution < 1.29 is 19.4 Å². The molecule has 3 N–H and O–H groups in total. The van der Waals surface area contributed by atoms with Crippen molar-refractivity contribution in [2.75, 3.05) is 11.9 Å². The van der Waals surface area contributed by atoms with Gasteiger partial charge in [-0.15, -0.1) is 0 Å². The van der Waals surface area contributed by atoms with E-state index in [-0.39, 0.29) is 11.8 Å². The van der Waals surface area contributed by atoms with Gasteiger partial charge in [-0.3, -0.25) is 9.89 Å². The molecule has 0 saturated heterocycles. The lowest BCUT2D eigenvalue weighted by molar-refractivity contribution is -0.139. The Bertz CT molecular complexity index is 722. The number of aromatic nitrogens is 2. The highest BCUT2D eigenvalue weighted by Gasteiger charge is 2.13. The van der Waals surface area contributed by atoms with Gasteiger partial charge in [0, 0.05) is 11.4 Å². The lowest BCUT2D eigenvalue weighted by Gasteiger charge is -2.09. The monoisotopic (exact) mass is 317 g/mol. The molecule has 122 valence electrons. The minimum atomic E-state index is -1.04. The largest absolute Gasteiger partial charge is 0.482 e. The number of ether oxygens (including phenoxy) is 1. The molecule has 7 nitrogen and oxygen atoms in total. The molecule has 1 aromatic carbocycles. The number of carboxylic acids is 1. The maximum atomic E-state index is 12.2. The van der Waals surface area contributed by atoms with Gasteiger partial charge in [-0.25, -0.2) is 4.79 Å². The van der Waals surface area contributed by atoms with Crippen LogP contribution < -0.4 is 10.1 Å². The van der Waals surface area contributed by atoms with Crippen molar-refractivity contribution >= 4 is 17.6 Å². The van der Waals surface area contributed by atoms with E-state index in [1.807, 2.05) is 13.8 Å². The molecular weight excluding hydrogens is 298 g/mol. The molecule has 0 spiro atoms. The van der Waals surface area contributed by atoms with Crippen molar-refractivity contribution in [2.45, 2.75) is 26.7 Å². The summed E-state index contributed by atoms with van der Waals surface area (Å²) in [4.78, 5) is 22.7. The fraction of sp³-hybridized carbons (Fsp3) is 0.312. The molecule has 0 unspecified atom stereocenters. The van der Waals surface area contributed by atoms with E-state index in [0.717, 1.165) is 11.3 Å². The second-order valence-electron chi connectivity index (χ2n) is 5.48. The second-order valence-corrected chi connectivity index (χ2v) is 5.48. The summed E-state index contributed by atoms with van der Waals surface area (Å²) in [6.45, 7) is 5.41. The van der Waals surface area contributed by atoms with Crippen LogP contribution in [0.5, 0.6) is 5.75 Å². The molecule has 0 fully saturated rings. The summed E-state index contributed by atoms with van der Waals surface area (Å²) in [6.07, 6.45) is 0. The summed E-state index contributed by atoms with van der Waals surface area (Å²) < 4.78 is 5.09. The van der Waals surface area contributed by atoms with Gasteiger partial charge in [-0.05, 0) is 42.7 Å². The van der Waals surface area contributed by atoms with Gasteiger partial charge in [0.2, 0.25) is 0 Å². The summed E-state index contributed by atoms with van der Waals surface area (Å²) in [5.41, 5.74) is 2.59. The molecule has 1 heterocycles. The number of H-pyrrole nitrogens is 1. The topological polar surface area (TPSA) is 104 Å². The van der Waals surface area contributed by atoms with Crippen LogP contribution in [0.2, 0.25) is 0 Å². The zero-order chi connectivity index (χ0) is 17.0. The van der Waals surface area contributed by atoms with Crippen molar-refractivity contribution in [3.05, 3.63) is 41.2 Å². The van der Waals surface area contributed by atoms with E-state index in [1.54, 1.807) is 31.2 Å². The van der Waals surface area contributed by atoms with Crippen molar-refractivity contribution in [3.8, 4) is 5.75 Å². The lowest BCUT2D eigenvalue weighted by Crippen LogP contribution is -2.13. The predicted molar refractivity (Wildman–Crippen MR) is 84.9 cm³/mol. The summed E-state index contributed by atoms with van der Waals surface area (Å²) in [5, 5.41) is 18.2. The number of aryl methyl sites for hydroxylation is 1. The third-order valence-electron chi connectivity index (χ3n) is 3.26. The van der Waals surface area contributed by atoms with Gasteiger partial charge in [0.15, 0.2) is 12.3 Å². The zero-order valence-corrected chi connectivity index (χ0v) is 13.2. The van der Waals surface area contributed by atoms with Gasteiger partial charge in [0.25, 0.3) is 5.91 Å². The minimum Gasteiger partial charge on any atom is -0.482 e. The van der Waals surface area contributed by atoms with Crippen LogP contribution >= 0.6 is 0 Å². The molecule has 2 aromatic rings. The number of hydrogen-bond donors (Lipinski definition) is 3. The molecule has 1 amide bonds. The molecule has 1 aromatic heterocycles. The van der Waals surface area contributed by atoms with Gasteiger partial charge in [-0.2, -0.15) is 5.10 Å². The van der Waals surface area contributed by atoms with Crippen LogP contribution in [0.3, 0.4) is 0 Å². The summed E-state index contributed by atoms with van der Waals surface area (Å²) >= 11 is 0. The van der Waals surface area contributed by atoms with Crippen LogP contribution in [0.4, 0.5) is 5.69 Å². The Kier molecular flexibility index (Phi) is 5.00. The Balaban J connectivity index is 2.06. The number of carboxylic acid groups (broad SMARTS) is 1. The van der Waals surface area contributed by atoms with Crippen LogP contribution in [0.1, 0.15) is 41.5 Å². The van der Waals surface area contributed by atoms with E-state index in [9.17, 15) is 9.59 Å². The number of nitrogens with zero attached hydrogens (tertiary/aromatic N) is 1. The molecule has 0 aliphatic heterocycles. The Morgan fingerprint density at radius 1 is 1.35 bits per heavy atom. The Morgan fingerprint density at radius 3 is 2.65 bits per heavy atom. The smallest absolute Gasteiger partial charge is 0.341 e. The quantitative estimate of drug-likeness (QED) is 0.759. The standard InChI is InChI=1S/C16H19N3O4/c1-9(2)13-7-14(19-18-13)16(22)17-12-5-4-11(6-10(12)3)23-8-15(20)21/h4-7,9H,8H2,1-3H3,(H,17,22)(H,18,19)(H,20,21). The molecule has 0 saturated carbocycles. The molecular formula is C16H19N3O4. The third kappa shape index (κ3) is 4.32. The van der Waals surface area contributed by atoms with Crippen LogP contribution in [0.25, 0.3) is 0 Å². The normalized spacial score (nSPS) is 10.6. The Morgan fingerprint density at radius 2 is 2.09 bits per heavy atom. The van der Waals surface area contributed by atoms with E-state index < -0.39 is 12.6 Å². The highest BCUT2D eigenvalue weighted by molar-refractivity contribution is 6.03. The molecule has 23 heavy (non-hydrogen) atoms. The SMILES string of the molecule is Cc1cc(OCC(=O)O)ccc1NC(=O)c1cc(C(C)C)[nH]n1. The highest BCUT2D eigenvalue weighted by atomic mass is 16.5. The van der Waals surface area contributed by atoms with Crippen molar-refractivity contribution in [1.82, 2.24) is 10.2 Å². The van der Waals surface area contributed by atoms with E-state index in [0.29, 0.717) is 17.1 Å². The predicted octanol–water partition coefficient (Wildman–Crippen LogP) is 2.56. The van der Waals surface area contributed by atoms with Gasteiger partial charge in [-0.1, -0.05) is 13.8 Å². The Hall–Kier alpha value is -2.83. The molecule has 0 aliphatic rings. The van der Waals surface area contributed by atoms with E-state index in [2.05, 4.69) is 15.5 Å². The molecule has 2 rings (SSSR count). The van der Waals surface area contributed by atoms with Gasteiger partial charge in [0.05, 0.1) is 0 Å². The van der Waals surface area contributed by atoms with E-state index in [4.69, 9.17) is 9.84 Å². The maximum Gasteiger partial charge on any atom is 0.341 e. The fourth-order valence-corrected chi connectivity index (χ4v) is 1.95. The number of carbonyl (C=O) groups is 2. The first-order chi connectivity index (χ1) is 10.9. The number of anilines is 1. The summed E-state index contributed by atoms with van der Waals surface area (Å²) in [5.74, 6) is -0.656. The Labute approximate surface area is 133 Å². The van der Waals surface area contributed by atoms with Crippen molar-refractivity contribution in [2.24, 2.45) is 0 Å². The first-order valence-electron chi connectivity index (χ1n) is 7.18. The number of amides is 1. The molecule has 0 atom stereocenters. The number of hydrogen-bond acceptors (Lipinski definition) is 4. The number of aromatic amines is 1. The van der Waals surface area contributed by atoms with E-state index >= 15 is 0 Å². The molecule has 0 aliphatic carbocycles. The van der Waals surface area contributed by atoms with Crippen LogP contribution in [-0.2, 0) is 4.79 Å². The third-order valence-corrected chi connectivity index (χ3v) is 3.26. The summed E-state index contributed by atoms with van der Waals surface area (Å²) in [7, 11) is 0. The van der Waals surface area contributed by atoms with Gasteiger partial charge < -0.3 is 15.2 Å². The number of carbonyl (C=O) groups excluding carboxylic acids is 1. The first kappa shape index (κ1) is 16.5. The highest BCUT2D eigenvalue weighted by Crippen LogP contribution is 2.22. The second kappa shape index (κ2) is 6.95. The van der Waals surface area contributed by atoms with Crippen molar-refractivity contribution in [1.29, 1.82) is 0 Å².